The lowest BCUT2D eigenvalue weighted by molar-refractivity contribution is 0.175. The Morgan fingerprint density at radius 2 is 1.68 bits per heavy atom. The van der Waals surface area contributed by atoms with Crippen LogP contribution in [0.1, 0.15) is 30.5 Å². The van der Waals surface area contributed by atoms with Gasteiger partial charge in [-0.1, -0.05) is 48.6 Å². The molecule has 0 fully saturated rings. The van der Waals surface area contributed by atoms with Gasteiger partial charge in [0.2, 0.25) is 0 Å². The summed E-state index contributed by atoms with van der Waals surface area (Å²) in [5.41, 5.74) is 8.77. The average molecular weight is 424 g/mol. The van der Waals surface area contributed by atoms with Gasteiger partial charge in [-0.05, 0) is 35.7 Å². The topological polar surface area (TPSA) is 114 Å². The van der Waals surface area contributed by atoms with Crippen molar-refractivity contribution in [3.8, 4) is 16.9 Å². The van der Waals surface area contributed by atoms with Crippen LogP contribution >= 0.6 is 0 Å². The smallest absolute Gasteiger partial charge is 0.137 e. The van der Waals surface area contributed by atoms with E-state index in [1.807, 2.05) is 60.7 Å². The lowest BCUT2D eigenvalue weighted by Gasteiger charge is -2.16. The first-order valence-corrected chi connectivity index (χ1v) is 10.2. The van der Waals surface area contributed by atoms with Crippen molar-refractivity contribution in [1.82, 2.24) is 9.55 Å². The Morgan fingerprint density at radius 3 is 2.26 bits per heavy atom. The Balaban J connectivity index is 1.66. The summed E-state index contributed by atoms with van der Waals surface area (Å²) in [6.45, 7) is 1.71. The van der Waals surface area contributed by atoms with Crippen molar-refractivity contribution in [2.75, 3.05) is 19.8 Å². The maximum Gasteiger partial charge on any atom is 0.137 e. The van der Waals surface area contributed by atoms with E-state index in [-0.39, 0.29) is 25.9 Å². The molecule has 0 saturated heterocycles. The van der Waals surface area contributed by atoms with Gasteiger partial charge in [-0.25, -0.2) is 4.98 Å². The second-order valence-electron chi connectivity index (χ2n) is 7.38. The Morgan fingerprint density at radius 1 is 1.03 bits per heavy atom. The Bertz CT molecular complexity index is 965. The van der Waals surface area contributed by atoms with Crippen LogP contribution in [0.25, 0.3) is 17.2 Å². The second-order valence-corrected chi connectivity index (χ2v) is 7.38. The number of imidazole rings is 1. The Kier molecular flexibility index (Phi) is 7.97. The van der Waals surface area contributed by atoms with E-state index in [0.717, 1.165) is 16.7 Å². The number of hydrogen-bond acceptors (Lipinski definition) is 6. The predicted octanol–water partition coefficient (Wildman–Crippen LogP) is 2.55. The van der Waals surface area contributed by atoms with E-state index >= 15 is 0 Å². The van der Waals surface area contributed by atoms with Crippen molar-refractivity contribution < 1.29 is 20.1 Å². The third-order valence-corrected chi connectivity index (χ3v) is 4.92. The van der Waals surface area contributed by atoms with Gasteiger partial charge in [0.05, 0.1) is 25.3 Å². The molecular weight excluding hydrogens is 394 g/mol. The molecule has 0 aliphatic carbocycles. The molecule has 0 aliphatic heterocycles. The van der Waals surface area contributed by atoms with Crippen molar-refractivity contribution >= 4 is 6.08 Å². The molecule has 3 aromatic rings. The molecule has 1 heterocycles. The lowest BCUT2D eigenvalue weighted by Crippen LogP contribution is -2.31. The third-order valence-electron chi connectivity index (χ3n) is 4.92. The van der Waals surface area contributed by atoms with Crippen molar-refractivity contribution in [3.63, 3.8) is 0 Å². The van der Waals surface area contributed by atoms with E-state index in [9.17, 15) is 10.2 Å². The van der Waals surface area contributed by atoms with Gasteiger partial charge in [0.1, 0.15) is 24.3 Å². The van der Waals surface area contributed by atoms with E-state index in [1.54, 1.807) is 23.9 Å². The van der Waals surface area contributed by atoms with Gasteiger partial charge in [0.25, 0.3) is 0 Å². The number of nitrogens with zero attached hydrogens (tertiary/aromatic N) is 2. The SMILES string of the molecule is C[C@H](O)c1nccn1[C@@H](/C=C/c1ccc(-c2ccc(OCC(N)CO)cc2)cc1)CO. The maximum absolute atomic E-state index is 9.83. The zero-order chi connectivity index (χ0) is 22.2. The molecule has 3 atom stereocenters. The minimum Gasteiger partial charge on any atom is -0.492 e. The van der Waals surface area contributed by atoms with Crippen LogP contribution in [0.4, 0.5) is 0 Å². The number of aliphatic hydroxyl groups is 3. The highest BCUT2D eigenvalue weighted by atomic mass is 16.5. The standard InChI is InChI=1S/C24H29N3O4/c1-17(30)24-26-12-13-27(24)22(15-29)9-4-18-2-5-19(6-3-18)20-7-10-23(11-8-20)31-16-21(25)14-28/h2-13,17,21-22,28-30H,14-16,25H2,1H3/b9-4+/t17-,21?,22-/m0/s1. The molecule has 1 unspecified atom stereocenters. The number of nitrogens with two attached hydrogens (primary N) is 1. The molecule has 3 rings (SSSR count). The first-order valence-electron chi connectivity index (χ1n) is 10.2. The summed E-state index contributed by atoms with van der Waals surface area (Å²) in [7, 11) is 0. The van der Waals surface area contributed by atoms with E-state index in [4.69, 9.17) is 15.6 Å². The summed E-state index contributed by atoms with van der Waals surface area (Å²) in [5, 5.41) is 28.6. The summed E-state index contributed by atoms with van der Waals surface area (Å²) < 4.78 is 7.32. The summed E-state index contributed by atoms with van der Waals surface area (Å²) >= 11 is 0. The monoisotopic (exact) mass is 423 g/mol. The number of hydrogen-bond donors (Lipinski definition) is 4. The van der Waals surface area contributed by atoms with E-state index in [1.165, 1.54) is 0 Å². The molecule has 0 spiro atoms. The van der Waals surface area contributed by atoms with Gasteiger partial charge < -0.3 is 30.4 Å². The van der Waals surface area contributed by atoms with Crippen LogP contribution in [0.2, 0.25) is 0 Å². The van der Waals surface area contributed by atoms with Crippen LogP contribution in [-0.4, -0.2) is 50.7 Å². The van der Waals surface area contributed by atoms with Gasteiger partial charge in [-0.2, -0.15) is 0 Å². The van der Waals surface area contributed by atoms with E-state index < -0.39 is 12.1 Å². The second kappa shape index (κ2) is 10.9. The Hall–Kier alpha value is -2.97. The first-order chi connectivity index (χ1) is 15.0. The van der Waals surface area contributed by atoms with Crippen molar-refractivity contribution in [2.24, 2.45) is 5.73 Å². The van der Waals surface area contributed by atoms with Gasteiger partial charge in [0, 0.05) is 12.4 Å². The van der Waals surface area contributed by atoms with Crippen LogP contribution in [-0.2, 0) is 0 Å². The summed E-state index contributed by atoms with van der Waals surface area (Å²) in [6.07, 6.45) is 6.50. The molecule has 0 bridgehead atoms. The Labute approximate surface area is 182 Å². The molecule has 164 valence electrons. The zero-order valence-electron chi connectivity index (χ0n) is 17.5. The van der Waals surface area contributed by atoms with Crippen LogP contribution in [0.5, 0.6) is 5.75 Å². The third kappa shape index (κ3) is 6.02. The fourth-order valence-electron chi connectivity index (χ4n) is 3.18. The normalized spacial score (nSPS) is 14.5. The van der Waals surface area contributed by atoms with Crippen LogP contribution < -0.4 is 10.5 Å². The molecule has 2 aromatic carbocycles. The van der Waals surface area contributed by atoms with Gasteiger partial charge in [0.15, 0.2) is 0 Å². The highest BCUT2D eigenvalue weighted by Crippen LogP contribution is 2.24. The van der Waals surface area contributed by atoms with Gasteiger partial charge >= 0.3 is 0 Å². The highest BCUT2D eigenvalue weighted by Gasteiger charge is 2.14. The highest BCUT2D eigenvalue weighted by molar-refractivity contribution is 5.66. The van der Waals surface area contributed by atoms with Gasteiger partial charge in [-0.15, -0.1) is 0 Å². The average Bonchev–Trinajstić information content (AvgIpc) is 3.29. The predicted molar refractivity (Wildman–Crippen MR) is 120 cm³/mol. The number of aliphatic hydroxyl groups excluding tert-OH is 3. The number of ether oxygens (including phenoxy) is 1. The van der Waals surface area contributed by atoms with E-state index in [0.29, 0.717) is 11.6 Å². The fourth-order valence-corrected chi connectivity index (χ4v) is 3.18. The quantitative estimate of drug-likeness (QED) is 0.399. The molecule has 0 saturated carbocycles. The molecule has 5 N–H and O–H groups in total. The van der Waals surface area contributed by atoms with Crippen LogP contribution in [0.15, 0.2) is 67.0 Å². The number of aromatic nitrogens is 2. The lowest BCUT2D eigenvalue weighted by atomic mass is 10.0. The fraction of sp³-hybridized carbons (Fsp3) is 0.292. The zero-order valence-corrected chi connectivity index (χ0v) is 17.5. The van der Waals surface area contributed by atoms with Crippen molar-refractivity contribution in [2.45, 2.75) is 25.1 Å². The maximum atomic E-state index is 9.83. The van der Waals surface area contributed by atoms with Crippen LogP contribution in [0.3, 0.4) is 0 Å². The van der Waals surface area contributed by atoms with Crippen molar-refractivity contribution in [3.05, 3.63) is 78.4 Å². The minimum absolute atomic E-state index is 0.0949. The van der Waals surface area contributed by atoms with E-state index in [2.05, 4.69) is 4.98 Å². The van der Waals surface area contributed by atoms with Crippen LogP contribution in [0, 0.1) is 0 Å². The summed E-state index contributed by atoms with van der Waals surface area (Å²) in [6, 6.07) is 15.1. The molecule has 7 nitrogen and oxygen atoms in total. The first kappa shape index (κ1) is 22.7. The molecule has 7 heteroatoms. The molecular formula is C24H29N3O4. The molecule has 1 aromatic heterocycles. The molecule has 0 aliphatic rings. The largest absolute Gasteiger partial charge is 0.492 e. The summed E-state index contributed by atoms with van der Waals surface area (Å²) in [4.78, 5) is 4.16. The van der Waals surface area contributed by atoms with Gasteiger partial charge in [-0.3, -0.25) is 0 Å². The summed E-state index contributed by atoms with van der Waals surface area (Å²) in [5.74, 6) is 1.23. The minimum atomic E-state index is -0.708. The number of rotatable bonds is 10. The molecule has 0 radical (unpaired) electrons. The van der Waals surface area contributed by atoms with Crippen molar-refractivity contribution in [1.29, 1.82) is 0 Å². The number of benzene rings is 2. The molecule has 0 amide bonds. The molecule has 31 heavy (non-hydrogen) atoms.